The van der Waals surface area contributed by atoms with Crippen molar-refractivity contribution in [2.45, 2.75) is 25.0 Å². The first-order valence-electron chi connectivity index (χ1n) is 7.28. The monoisotopic (exact) mass is 331 g/mol. The molecule has 0 aliphatic heterocycles. The first-order chi connectivity index (χ1) is 11.1. The van der Waals surface area contributed by atoms with Gasteiger partial charge in [-0.05, 0) is 12.0 Å². The molecule has 0 radical (unpaired) electrons. The minimum atomic E-state index is -1.33. The highest BCUT2D eigenvalue weighted by atomic mass is 32.2. The minimum Gasteiger partial charge on any atom is -0.609 e. The van der Waals surface area contributed by atoms with Crippen molar-refractivity contribution in [2.24, 2.45) is 0 Å². The van der Waals surface area contributed by atoms with E-state index in [1.54, 1.807) is 0 Å². The van der Waals surface area contributed by atoms with Crippen molar-refractivity contribution in [1.82, 2.24) is 19.5 Å². The summed E-state index contributed by atoms with van der Waals surface area (Å²) >= 11 is -1.33. The van der Waals surface area contributed by atoms with Crippen molar-refractivity contribution in [1.29, 1.82) is 0 Å². The number of nitrogen functional groups attached to an aromatic ring is 1. The zero-order valence-electron chi connectivity index (χ0n) is 12.7. The fourth-order valence-corrected chi connectivity index (χ4v) is 3.26. The lowest BCUT2D eigenvalue weighted by Crippen LogP contribution is -2.18. The van der Waals surface area contributed by atoms with E-state index in [0.29, 0.717) is 23.5 Å². The number of nitrogens with one attached hydrogen (secondary N) is 1. The quantitative estimate of drug-likeness (QED) is 0.540. The summed E-state index contributed by atoms with van der Waals surface area (Å²) in [7, 11) is 0. The van der Waals surface area contributed by atoms with Gasteiger partial charge in [-0.25, -0.2) is 4.79 Å². The van der Waals surface area contributed by atoms with Crippen LogP contribution in [0.1, 0.15) is 18.9 Å². The molecule has 7 nitrogen and oxygen atoms in total. The van der Waals surface area contributed by atoms with Gasteiger partial charge in [0.15, 0.2) is 11.5 Å². The molecule has 0 spiro atoms. The van der Waals surface area contributed by atoms with Crippen molar-refractivity contribution in [2.75, 3.05) is 11.5 Å². The number of anilines is 1. The summed E-state index contributed by atoms with van der Waals surface area (Å²) in [6.45, 7) is 2.29. The first-order valence-corrected chi connectivity index (χ1v) is 8.60. The molecule has 3 N–H and O–H groups in total. The van der Waals surface area contributed by atoms with Gasteiger partial charge in [0.2, 0.25) is 0 Å². The lowest BCUT2D eigenvalue weighted by Gasteiger charge is -2.08. The smallest absolute Gasteiger partial charge is 0.346 e. The van der Waals surface area contributed by atoms with E-state index in [-0.39, 0.29) is 16.7 Å². The van der Waals surface area contributed by atoms with Gasteiger partial charge in [0.1, 0.15) is 11.3 Å². The molecule has 23 heavy (non-hydrogen) atoms. The number of hydrogen-bond acceptors (Lipinski definition) is 5. The van der Waals surface area contributed by atoms with Crippen molar-refractivity contribution in [3.05, 3.63) is 46.4 Å². The number of H-pyrrole nitrogens is 1. The van der Waals surface area contributed by atoms with E-state index in [1.165, 1.54) is 4.57 Å². The number of aromatic nitrogens is 4. The van der Waals surface area contributed by atoms with Gasteiger partial charge in [-0.1, -0.05) is 37.3 Å². The van der Waals surface area contributed by atoms with E-state index in [9.17, 15) is 9.35 Å². The summed E-state index contributed by atoms with van der Waals surface area (Å²) in [5.41, 5.74) is 7.30. The van der Waals surface area contributed by atoms with Gasteiger partial charge in [0, 0.05) is 11.2 Å². The Morgan fingerprint density at radius 1 is 1.30 bits per heavy atom. The molecular weight excluding hydrogens is 314 g/mol. The van der Waals surface area contributed by atoms with Crippen molar-refractivity contribution in [3.63, 3.8) is 0 Å². The van der Waals surface area contributed by atoms with Gasteiger partial charge in [-0.15, -0.1) is 0 Å². The molecule has 8 heteroatoms. The van der Waals surface area contributed by atoms with Crippen molar-refractivity contribution in [3.8, 4) is 0 Å². The lowest BCUT2D eigenvalue weighted by molar-refractivity contribution is 0.585. The number of hydrogen-bond donors (Lipinski definition) is 2. The fourth-order valence-electron chi connectivity index (χ4n) is 2.32. The van der Waals surface area contributed by atoms with Crippen LogP contribution in [-0.4, -0.2) is 29.8 Å². The maximum absolute atomic E-state index is 12.2. The van der Waals surface area contributed by atoms with Crippen molar-refractivity contribution < 1.29 is 4.55 Å². The number of nitrogens with zero attached hydrogens (tertiary/aromatic N) is 3. The highest BCUT2D eigenvalue weighted by molar-refractivity contribution is 7.91. The number of aromatic amines is 1. The molecule has 1 unspecified atom stereocenters. The highest BCUT2D eigenvalue weighted by Crippen LogP contribution is 2.18. The second-order valence-electron chi connectivity index (χ2n) is 5.14. The van der Waals surface area contributed by atoms with Gasteiger partial charge in [-0.3, -0.25) is 4.57 Å². The molecule has 2 aromatic heterocycles. The topological polar surface area (TPSA) is 113 Å². The second kappa shape index (κ2) is 6.43. The van der Waals surface area contributed by atoms with Crippen LogP contribution in [0, 0.1) is 0 Å². The van der Waals surface area contributed by atoms with E-state index in [4.69, 9.17) is 5.73 Å². The number of imidazole rings is 1. The average molecular weight is 331 g/mol. The van der Waals surface area contributed by atoms with Gasteiger partial charge in [-0.2, -0.15) is 9.97 Å². The molecule has 0 fully saturated rings. The largest absolute Gasteiger partial charge is 0.609 e. The van der Waals surface area contributed by atoms with Crippen LogP contribution in [0.4, 0.5) is 5.82 Å². The molecule has 1 atom stereocenters. The third-order valence-electron chi connectivity index (χ3n) is 3.41. The zero-order chi connectivity index (χ0) is 16.4. The number of nitrogens with two attached hydrogens (primary N) is 1. The van der Waals surface area contributed by atoms with E-state index in [2.05, 4.69) is 15.0 Å². The lowest BCUT2D eigenvalue weighted by atomic mass is 10.2. The summed E-state index contributed by atoms with van der Waals surface area (Å²) in [4.78, 5) is 23.3. The standard InChI is InChI=1S/C15H17N5O2S/c1-2-8-23(22)14-18-12(16)11-13(19-14)20(15(21)17-11)9-10-6-4-3-5-7-10/h3-7H,2,8-9H2,1H3,(H,17,21)(H2,16,18,19). The molecule has 0 aliphatic carbocycles. The Hall–Kier alpha value is -2.32. The molecule has 3 rings (SSSR count). The zero-order valence-corrected chi connectivity index (χ0v) is 13.5. The van der Waals surface area contributed by atoms with E-state index in [1.807, 2.05) is 37.3 Å². The molecule has 2 heterocycles. The molecule has 0 amide bonds. The van der Waals surface area contributed by atoms with E-state index >= 15 is 0 Å². The van der Waals surface area contributed by atoms with Crippen LogP contribution in [0.2, 0.25) is 0 Å². The Morgan fingerprint density at radius 2 is 2.04 bits per heavy atom. The van der Waals surface area contributed by atoms with Crippen LogP contribution in [0.5, 0.6) is 0 Å². The van der Waals surface area contributed by atoms with E-state index in [0.717, 1.165) is 12.0 Å². The Bertz CT molecular complexity index is 875. The van der Waals surface area contributed by atoms with Gasteiger partial charge < -0.3 is 15.3 Å². The van der Waals surface area contributed by atoms with Crippen LogP contribution in [0.15, 0.2) is 40.3 Å². The highest BCUT2D eigenvalue weighted by Gasteiger charge is 2.20. The third kappa shape index (κ3) is 3.08. The Balaban J connectivity index is 2.10. The van der Waals surface area contributed by atoms with Crippen LogP contribution in [-0.2, 0) is 17.7 Å². The number of benzene rings is 1. The first kappa shape index (κ1) is 15.6. The van der Waals surface area contributed by atoms with Crippen LogP contribution in [0.3, 0.4) is 0 Å². The van der Waals surface area contributed by atoms with Crippen LogP contribution >= 0.6 is 0 Å². The summed E-state index contributed by atoms with van der Waals surface area (Å²) in [6, 6.07) is 9.56. The van der Waals surface area contributed by atoms with Gasteiger partial charge in [0.25, 0.3) is 0 Å². The second-order valence-corrected chi connectivity index (χ2v) is 6.61. The molecule has 3 aromatic rings. The average Bonchev–Trinajstić information content (AvgIpc) is 2.86. The molecule has 0 aliphatic rings. The summed E-state index contributed by atoms with van der Waals surface area (Å²) in [6.07, 6.45) is 0.748. The Kier molecular flexibility index (Phi) is 4.35. The minimum absolute atomic E-state index is 0.137. The SMILES string of the molecule is CCC[S+]([O-])c1nc(N)c2[nH]c(=O)n(Cc3ccccc3)c2n1. The third-order valence-corrected chi connectivity index (χ3v) is 4.78. The van der Waals surface area contributed by atoms with Crippen LogP contribution in [0.25, 0.3) is 11.2 Å². The maximum Gasteiger partial charge on any atom is 0.346 e. The molecule has 1 aromatic carbocycles. The predicted octanol–water partition coefficient (Wildman–Crippen LogP) is 1.27. The fraction of sp³-hybridized carbons (Fsp3) is 0.267. The van der Waals surface area contributed by atoms with Crippen LogP contribution < -0.4 is 11.4 Å². The number of fused-ring (bicyclic) bond motifs is 1. The predicted molar refractivity (Wildman–Crippen MR) is 89.7 cm³/mol. The molecule has 120 valence electrons. The Labute approximate surface area is 135 Å². The summed E-state index contributed by atoms with van der Waals surface area (Å²) < 4.78 is 13.6. The van der Waals surface area contributed by atoms with Gasteiger partial charge >= 0.3 is 10.8 Å². The van der Waals surface area contributed by atoms with Crippen molar-refractivity contribution >= 4 is 28.2 Å². The normalized spacial score (nSPS) is 12.6. The van der Waals surface area contributed by atoms with Gasteiger partial charge in [0.05, 0.1) is 6.54 Å². The maximum atomic E-state index is 12.2. The summed E-state index contributed by atoms with van der Waals surface area (Å²) in [5, 5.41) is 0.165. The number of rotatable bonds is 5. The molecule has 0 bridgehead atoms. The van der Waals surface area contributed by atoms with E-state index < -0.39 is 11.2 Å². The summed E-state index contributed by atoms with van der Waals surface area (Å²) in [5.74, 6) is 0.594. The molecule has 0 saturated carbocycles. The Morgan fingerprint density at radius 3 is 2.74 bits per heavy atom. The molecular formula is C15H17N5O2S. The molecule has 0 saturated heterocycles.